The van der Waals surface area contributed by atoms with E-state index in [0.717, 1.165) is 25.1 Å². The van der Waals surface area contributed by atoms with Crippen molar-refractivity contribution >= 4 is 51.5 Å². The van der Waals surface area contributed by atoms with Gasteiger partial charge in [-0.05, 0) is 37.0 Å². The lowest BCUT2D eigenvalue weighted by atomic mass is 10.3. The number of hydrogen-bond acceptors (Lipinski definition) is 4. The van der Waals surface area contributed by atoms with Gasteiger partial charge in [-0.1, -0.05) is 18.2 Å². The Labute approximate surface area is 161 Å². The van der Waals surface area contributed by atoms with Gasteiger partial charge in [0.1, 0.15) is 0 Å². The summed E-state index contributed by atoms with van der Waals surface area (Å²) in [6.07, 6.45) is 4.33. The van der Waals surface area contributed by atoms with Gasteiger partial charge < -0.3 is 10.6 Å². The second kappa shape index (κ2) is 12.9. The van der Waals surface area contributed by atoms with Gasteiger partial charge in [0, 0.05) is 20.1 Å². The maximum atomic E-state index is 12.1. The Morgan fingerprint density at radius 2 is 1.78 bits per heavy atom. The maximum absolute atomic E-state index is 12.1. The molecule has 8 heteroatoms. The molecule has 0 radical (unpaired) electrons. The molecule has 23 heavy (non-hydrogen) atoms. The third-order valence-corrected chi connectivity index (χ3v) is 5.49. The summed E-state index contributed by atoms with van der Waals surface area (Å²) in [5.74, 6) is 1.85. The number of guanidine groups is 1. The van der Waals surface area contributed by atoms with E-state index in [-0.39, 0.29) is 29.7 Å². The molecule has 0 fully saturated rings. The van der Waals surface area contributed by atoms with Gasteiger partial charge in [0.15, 0.2) is 15.8 Å². The highest BCUT2D eigenvalue weighted by Crippen LogP contribution is 2.09. The summed E-state index contributed by atoms with van der Waals surface area (Å²) in [4.78, 5) is 4.45. The predicted octanol–water partition coefficient (Wildman–Crippen LogP) is 2.39. The number of sulfone groups is 1. The number of aliphatic imine (C=N–C) groups is 1. The number of unbranched alkanes of at least 4 members (excludes halogenated alkanes) is 1. The summed E-state index contributed by atoms with van der Waals surface area (Å²) in [7, 11) is -1.56. The Kier molecular flexibility index (Phi) is 12.6. The quantitative estimate of drug-likeness (QED) is 0.251. The minimum Gasteiger partial charge on any atom is -0.356 e. The summed E-state index contributed by atoms with van der Waals surface area (Å²) in [5.41, 5.74) is 0. The molecule has 0 aliphatic carbocycles. The Morgan fingerprint density at radius 3 is 2.39 bits per heavy atom. The van der Waals surface area contributed by atoms with Crippen molar-refractivity contribution in [2.75, 3.05) is 37.9 Å². The van der Waals surface area contributed by atoms with E-state index in [2.05, 4.69) is 21.9 Å². The minimum atomic E-state index is -3.24. The van der Waals surface area contributed by atoms with E-state index in [1.54, 1.807) is 37.4 Å². The molecule has 0 saturated carbocycles. The van der Waals surface area contributed by atoms with Crippen LogP contribution in [-0.4, -0.2) is 52.3 Å². The van der Waals surface area contributed by atoms with Crippen LogP contribution in [0.25, 0.3) is 0 Å². The lowest BCUT2D eigenvalue weighted by Gasteiger charge is -2.12. The summed E-state index contributed by atoms with van der Waals surface area (Å²) < 4.78 is 24.3. The largest absolute Gasteiger partial charge is 0.356 e. The lowest BCUT2D eigenvalue weighted by molar-refractivity contribution is 0.594. The smallest absolute Gasteiger partial charge is 0.191 e. The van der Waals surface area contributed by atoms with E-state index in [0.29, 0.717) is 17.4 Å². The van der Waals surface area contributed by atoms with Crippen LogP contribution in [0.4, 0.5) is 0 Å². The van der Waals surface area contributed by atoms with Crippen LogP contribution in [0, 0.1) is 0 Å². The molecule has 1 aromatic rings. The highest BCUT2D eigenvalue weighted by Gasteiger charge is 2.13. The van der Waals surface area contributed by atoms with E-state index in [9.17, 15) is 8.42 Å². The summed E-state index contributed by atoms with van der Waals surface area (Å²) in [5, 5.41) is 6.23. The Hall–Kier alpha value is -0.480. The molecule has 0 saturated heterocycles. The van der Waals surface area contributed by atoms with Crippen LogP contribution in [0.1, 0.15) is 12.8 Å². The molecule has 1 rings (SSSR count). The van der Waals surface area contributed by atoms with E-state index in [1.165, 1.54) is 0 Å². The second-order valence-electron chi connectivity index (χ2n) is 4.76. The average Bonchev–Trinajstić information content (AvgIpc) is 2.53. The molecule has 0 spiro atoms. The molecule has 0 aliphatic heterocycles. The first-order chi connectivity index (χ1) is 10.6. The molecule has 0 amide bonds. The third kappa shape index (κ3) is 9.41. The number of benzene rings is 1. The van der Waals surface area contributed by atoms with Gasteiger partial charge >= 0.3 is 0 Å². The lowest BCUT2D eigenvalue weighted by Crippen LogP contribution is -2.40. The van der Waals surface area contributed by atoms with E-state index >= 15 is 0 Å². The van der Waals surface area contributed by atoms with Gasteiger partial charge in [-0.25, -0.2) is 8.42 Å². The minimum absolute atomic E-state index is 0. The average molecular weight is 471 g/mol. The molecular weight excluding hydrogens is 445 g/mol. The van der Waals surface area contributed by atoms with Gasteiger partial charge in [-0.2, -0.15) is 11.8 Å². The zero-order valence-electron chi connectivity index (χ0n) is 13.6. The van der Waals surface area contributed by atoms with Crippen LogP contribution >= 0.6 is 35.7 Å². The van der Waals surface area contributed by atoms with Crippen molar-refractivity contribution in [3.05, 3.63) is 30.3 Å². The van der Waals surface area contributed by atoms with Gasteiger partial charge in [-0.3, -0.25) is 4.99 Å². The molecule has 0 bridgehead atoms. The summed E-state index contributed by atoms with van der Waals surface area (Å²) in [6.45, 7) is 1.17. The Balaban J connectivity index is 0.00000484. The van der Waals surface area contributed by atoms with Gasteiger partial charge in [0.25, 0.3) is 0 Å². The van der Waals surface area contributed by atoms with E-state index < -0.39 is 9.84 Å². The summed E-state index contributed by atoms with van der Waals surface area (Å²) >= 11 is 1.84. The second-order valence-corrected chi connectivity index (χ2v) is 7.85. The van der Waals surface area contributed by atoms with Gasteiger partial charge in [0.2, 0.25) is 0 Å². The molecule has 0 aromatic heterocycles. The van der Waals surface area contributed by atoms with Gasteiger partial charge in [0.05, 0.1) is 10.6 Å². The maximum Gasteiger partial charge on any atom is 0.191 e. The number of halogens is 1. The number of nitrogens with one attached hydrogen (secondary N) is 2. The molecule has 2 N–H and O–H groups in total. The topological polar surface area (TPSA) is 70.6 Å². The van der Waals surface area contributed by atoms with Crippen LogP contribution < -0.4 is 10.6 Å². The molecular formula is C15H26IN3O2S2. The van der Waals surface area contributed by atoms with Crippen molar-refractivity contribution in [2.45, 2.75) is 17.7 Å². The van der Waals surface area contributed by atoms with Crippen molar-refractivity contribution in [1.82, 2.24) is 10.6 Å². The fraction of sp³-hybridized carbons (Fsp3) is 0.533. The van der Waals surface area contributed by atoms with E-state index in [1.807, 2.05) is 11.8 Å². The molecule has 0 heterocycles. The highest BCUT2D eigenvalue weighted by molar-refractivity contribution is 14.0. The molecule has 0 atom stereocenters. The fourth-order valence-corrected chi connectivity index (χ4v) is 3.52. The van der Waals surface area contributed by atoms with Crippen LogP contribution in [0.2, 0.25) is 0 Å². The molecule has 0 unspecified atom stereocenters. The summed E-state index contributed by atoms with van der Waals surface area (Å²) in [6, 6.07) is 8.51. The first-order valence-corrected chi connectivity index (χ1v) is 10.4. The van der Waals surface area contributed by atoms with Crippen molar-refractivity contribution in [3.63, 3.8) is 0 Å². The third-order valence-electron chi connectivity index (χ3n) is 3.06. The highest BCUT2D eigenvalue weighted by atomic mass is 127. The normalized spacial score (nSPS) is 11.7. The number of hydrogen-bond donors (Lipinski definition) is 2. The van der Waals surface area contributed by atoms with Crippen LogP contribution in [-0.2, 0) is 9.84 Å². The van der Waals surface area contributed by atoms with Gasteiger partial charge in [-0.15, -0.1) is 24.0 Å². The standard InChI is InChI=1S/C15H25N3O2S2.HI/c1-16-15(17-10-6-7-12-21-2)18-11-13-22(19,20)14-8-4-3-5-9-14;/h3-5,8-9H,6-7,10-13H2,1-2H3,(H2,16,17,18);1H. The van der Waals surface area contributed by atoms with Crippen LogP contribution in [0.5, 0.6) is 0 Å². The SMILES string of the molecule is CN=C(NCCCCSC)NCCS(=O)(=O)c1ccccc1.I. The molecule has 0 aliphatic rings. The van der Waals surface area contributed by atoms with Crippen molar-refractivity contribution < 1.29 is 8.42 Å². The zero-order valence-corrected chi connectivity index (χ0v) is 17.6. The van der Waals surface area contributed by atoms with E-state index in [4.69, 9.17) is 0 Å². The molecule has 5 nitrogen and oxygen atoms in total. The zero-order chi connectivity index (χ0) is 16.3. The molecule has 1 aromatic carbocycles. The first kappa shape index (κ1) is 22.5. The van der Waals surface area contributed by atoms with Crippen molar-refractivity contribution in [2.24, 2.45) is 4.99 Å². The van der Waals surface area contributed by atoms with Crippen LogP contribution in [0.3, 0.4) is 0 Å². The molecule has 132 valence electrons. The fourth-order valence-electron chi connectivity index (χ4n) is 1.85. The first-order valence-electron chi connectivity index (χ1n) is 7.31. The van der Waals surface area contributed by atoms with Crippen molar-refractivity contribution in [3.8, 4) is 0 Å². The number of nitrogens with zero attached hydrogens (tertiary/aromatic N) is 1. The monoisotopic (exact) mass is 471 g/mol. The number of rotatable bonds is 9. The van der Waals surface area contributed by atoms with Crippen molar-refractivity contribution in [1.29, 1.82) is 0 Å². The van der Waals surface area contributed by atoms with Crippen LogP contribution in [0.15, 0.2) is 40.2 Å². The number of thioether (sulfide) groups is 1. The Morgan fingerprint density at radius 1 is 1.13 bits per heavy atom. The predicted molar refractivity (Wildman–Crippen MR) is 111 cm³/mol. The Bertz CT molecular complexity index is 551.